The van der Waals surface area contributed by atoms with Gasteiger partial charge in [0.25, 0.3) is 0 Å². The highest BCUT2D eigenvalue weighted by Gasteiger charge is 2.25. The Morgan fingerprint density at radius 2 is 1.92 bits per heavy atom. The molecule has 4 rings (SSSR count). The van der Waals surface area contributed by atoms with Crippen LogP contribution >= 0.6 is 0 Å². The third-order valence-corrected chi connectivity index (χ3v) is 6.84. The monoisotopic (exact) mass is 370 g/mol. The first-order valence-corrected chi connectivity index (χ1v) is 10.0. The Balaban J connectivity index is 1.65. The average molecular weight is 370 g/mol. The van der Waals surface area contributed by atoms with E-state index in [1.807, 2.05) is 31.3 Å². The van der Waals surface area contributed by atoms with Gasteiger partial charge in [-0.15, -0.1) is 0 Å². The maximum atomic E-state index is 12.3. The summed E-state index contributed by atoms with van der Waals surface area (Å²) in [6.07, 6.45) is 0.843. The maximum Gasteiger partial charge on any atom is 0.242 e. The van der Waals surface area contributed by atoms with Gasteiger partial charge in [-0.25, -0.2) is 17.7 Å². The van der Waals surface area contributed by atoms with Crippen molar-refractivity contribution in [3.63, 3.8) is 0 Å². The molecule has 1 aromatic heterocycles. The van der Waals surface area contributed by atoms with Gasteiger partial charge in [0, 0.05) is 33.4 Å². The van der Waals surface area contributed by atoms with Gasteiger partial charge in [-0.2, -0.15) is 0 Å². The van der Waals surface area contributed by atoms with Gasteiger partial charge in [-0.1, -0.05) is 12.1 Å². The van der Waals surface area contributed by atoms with Crippen LogP contribution in [-0.4, -0.2) is 42.9 Å². The molecule has 0 saturated carbocycles. The summed E-state index contributed by atoms with van der Waals surface area (Å²) in [5, 5.41) is 0. The Morgan fingerprint density at radius 1 is 1.15 bits per heavy atom. The normalized spacial score (nSPS) is 14.4. The van der Waals surface area contributed by atoms with Crippen molar-refractivity contribution in [2.24, 2.45) is 7.05 Å². The molecule has 0 spiro atoms. The van der Waals surface area contributed by atoms with E-state index in [-0.39, 0.29) is 0 Å². The highest BCUT2D eigenvalue weighted by molar-refractivity contribution is 7.89. The van der Waals surface area contributed by atoms with Crippen LogP contribution in [0.15, 0.2) is 47.4 Å². The second kappa shape index (κ2) is 6.10. The molecular weight excluding hydrogens is 348 g/mol. The van der Waals surface area contributed by atoms with Gasteiger partial charge in [0.1, 0.15) is 5.82 Å². The van der Waals surface area contributed by atoms with Crippen molar-refractivity contribution in [2.45, 2.75) is 17.9 Å². The number of hydrogen-bond donors (Lipinski definition) is 0. The van der Waals surface area contributed by atoms with Crippen LogP contribution in [0.4, 0.5) is 5.69 Å². The standard InChI is InChI=1S/C19H22N4O2S/c1-21(2)26(24,25)15-8-9-17-14(12-15)10-11-23(17)13-19-20-16-6-4-5-7-18(16)22(19)3/h4-9,12H,10-11,13H2,1-3H3. The fourth-order valence-electron chi connectivity index (χ4n) is 3.49. The predicted octanol–water partition coefficient (Wildman–Crippen LogP) is 2.39. The number of aryl methyl sites for hydroxylation is 1. The number of benzene rings is 2. The van der Waals surface area contributed by atoms with E-state index in [9.17, 15) is 8.42 Å². The van der Waals surface area contributed by atoms with Gasteiger partial charge in [0.15, 0.2) is 0 Å². The summed E-state index contributed by atoms with van der Waals surface area (Å²) in [6, 6.07) is 13.5. The number of nitrogens with zero attached hydrogens (tertiary/aromatic N) is 4. The van der Waals surface area contributed by atoms with Gasteiger partial charge in [0.05, 0.1) is 22.5 Å². The first-order valence-electron chi connectivity index (χ1n) is 8.58. The number of aromatic nitrogens is 2. The highest BCUT2D eigenvalue weighted by Crippen LogP contribution is 2.32. The summed E-state index contributed by atoms with van der Waals surface area (Å²) < 4.78 is 28.1. The molecule has 7 heteroatoms. The first-order chi connectivity index (χ1) is 12.4. The van der Waals surface area contributed by atoms with Crippen LogP contribution in [0.3, 0.4) is 0 Å². The lowest BCUT2D eigenvalue weighted by molar-refractivity contribution is 0.520. The Labute approximate surface area is 153 Å². The molecule has 1 aliphatic rings. The number of anilines is 1. The molecule has 1 aliphatic heterocycles. The third kappa shape index (κ3) is 2.68. The summed E-state index contributed by atoms with van der Waals surface area (Å²) in [5.41, 5.74) is 4.28. The van der Waals surface area contributed by atoms with E-state index in [1.54, 1.807) is 26.2 Å². The fraction of sp³-hybridized carbons (Fsp3) is 0.316. The minimum atomic E-state index is -3.40. The Hall–Kier alpha value is -2.38. The second-order valence-corrected chi connectivity index (χ2v) is 8.98. The van der Waals surface area contributed by atoms with Crippen LogP contribution in [0, 0.1) is 0 Å². The molecule has 0 aliphatic carbocycles. The van der Waals surface area contributed by atoms with Crippen LogP contribution in [-0.2, 0) is 30.0 Å². The smallest absolute Gasteiger partial charge is 0.242 e. The van der Waals surface area contributed by atoms with E-state index < -0.39 is 10.0 Å². The number of para-hydroxylation sites is 2. The van der Waals surface area contributed by atoms with E-state index in [0.29, 0.717) is 11.4 Å². The van der Waals surface area contributed by atoms with Gasteiger partial charge in [-0.3, -0.25) is 0 Å². The summed E-state index contributed by atoms with van der Waals surface area (Å²) in [5.74, 6) is 1.00. The van der Waals surface area contributed by atoms with Crippen molar-refractivity contribution < 1.29 is 8.42 Å². The molecule has 6 nitrogen and oxygen atoms in total. The molecule has 26 heavy (non-hydrogen) atoms. The highest BCUT2D eigenvalue weighted by atomic mass is 32.2. The molecule has 136 valence electrons. The topological polar surface area (TPSA) is 58.4 Å². The maximum absolute atomic E-state index is 12.3. The zero-order valence-electron chi connectivity index (χ0n) is 15.2. The molecule has 3 aromatic rings. The minimum absolute atomic E-state index is 0.353. The van der Waals surface area contributed by atoms with Crippen LogP contribution < -0.4 is 4.90 Å². The van der Waals surface area contributed by atoms with Gasteiger partial charge >= 0.3 is 0 Å². The molecule has 2 heterocycles. The van der Waals surface area contributed by atoms with Crippen LogP contribution in [0.2, 0.25) is 0 Å². The molecule has 0 amide bonds. The van der Waals surface area contributed by atoms with Crippen LogP contribution in [0.25, 0.3) is 11.0 Å². The van der Waals surface area contributed by atoms with Crippen LogP contribution in [0.1, 0.15) is 11.4 Å². The predicted molar refractivity (Wildman–Crippen MR) is 103 cm³/mol. The lowest BCUT2D eigenvalue weighted by atomic mass is 10.2. The number of fused-ring (bicyclic) bond motifs is 2. The molecule has 0 saturated heterocycles. The number of sulfonamides is 1. The van der Waals surface area contributed by atoms with Crippen molar-refractivity contribution in [1.82, 2.24) is 13.9 Å². The van der Waals surface area contributed by atoms with E-state index >= 15 is 0 Å². The van der Waals surface area contributed by atoms with Crippen molar-refractivity contribution >= 4 is 26.7 Å². The summed E-state index contributed by atoms with van der Waals surface area (Å²) in [6.45, 7) is 1.57. The van der Waals surface area contributed by atoms with Crippen molar-refractivity contribution in [1.29, 1.82) is 0 Å². The fourth-order valence-corrected chi connectivity index (χ4v) is 4.44. The SMILES string of the molecule is CN(C)S(=O)(=O)c1ccc2c(c1)CCN2Cc1nc2ccccc2n1C. The zero-order chi connectivity index (χ0) is 18.5. The molecule has 2 aromatic carbocycles. The Bertz CT molecular complexity index is 1090. The summed E-state index contributed by atoms with van der Waals surface area (Å²) >= 11 is 0. The minimum Gasteiger partial charge on any atom is -0.363 e. The van der Waals surface area contributed by atoms with Crippen LogP contribution in [0.5, 0.6) is 0 Å². The van der Waals surface area contributed by atoms with E-state index in [4.69, 9.17) is 4.98 Å². The zero-order valence-corrected chi connectivity index (χ0v) is 16.0. The third-order valence-electron chi connectivity index (χ3n) is 5.03. The molecule has 0 radical (unpaired) electrons. The average Bonchev–Trinajstić information content (AvgIpc) is 3.16. The van der Waals surface area contributed by atoms with E-state index in [2.05, 4.69) is 15.5 Å². The lowest BCUT2D eigenvalue weighted by Crippen LogP contribution is -2.23. The van der Waals surface area contributed by atoms with E-state index in [0.717, 1.165) is 41.1 Å². The van der Waals surface area contributed by atoms with Crippen molar-refractivity contribution in [3.8, 4) is 0 Å². The molecule has 0 atom stereocenters. The summed E-state index contributed by atoms with van der Waals surface area (Å²) in [7, 11) is 1.75. The van der Waals surface area contributed by atoms with Crippen molar-refractivity contribution in [2.75, 3.05) is 25.5 Å². The van der Waals surface area contributed by atoms with Crippen molar-refractivity contribution in [3.05, 3.63) is 53.9 Å². The molecule has 0 unspecified atom stereocenters. The number of hydrogen-bond acceptors (Lipinski definition) is 4. The first kappa shape index (κ1) is 17.1. The van der Waals surface area contributed by atoms with Gasteiger partial charge in [0.2, 0.25) is 10.0 Å². The molecule has 0 N–H and O–H groups in total. The largest absolute Gasteiger partial charge is 0.363 e. The summed E-state index contributed by atoms with van der Waals surface area (Å²) in [4.78, 5) is 7.37. The number of rotatable bonds is 4. The lowest BCUT2D eigenvalue weighted by Gasteiger charge is -2.19. The van der Waals surface area contributed by atoms with Gasteiger partial charge in [-0.05, 0) is 42.3 Å². The Kier molecular flexibility index (Phi) is 4.00. The quantitative estimate of drug-likeness (QED) is 0.708. The van der Waals surface area contributed by atoms with Gasteiger partial charge < -0.3 is 9.47 Å². The Morgan fingerprint density at radius 3 is 2.65 bits per heavy atom. The van der Waals surface area contributed by atoms with E-state index in [1.165, 1.54) is 4.31 Å². The molecule has 0 bridgehead atoms. The molecular formula is C19H22N4O2S. The number of imidazole rings is 1. The molecule has 0 fully saturated rings. The second-order valence-electron chi connectivity index (χ2n) is 6.83.